The number of oxime groups is 1. The number of benzene rings is 1. The predicted molar refractivity (Wildman–Crippen MR) is 50.4 cm³/mol. The number of hydrogen-bond donors (Lipinski definition) is 2. The average Bonchev–Trinajstić information content (AvgIpc) is 2.26. The summed E-state index contributed by atoms with van der Waals surface area (Å²) in [6, 6.07) is 2.75. The van der Waals surface area contributed by atoms with E-state index >= 15 is 0 Å². The highest BCUT2D eigenvalue weighted by molar-refractivity contribution is 5.87. The molecule has 3 N–H and O–H groups in total. The number of nitrogens with zero attached hydrogens (tertiary/aromatic N) is 1. The summed E-state index contributed by atoms with van der Waals surface area (Å²) in [5.74, 6) is -5.81. The largest absolute Gasteiger partial charge is 0.573 e. The Morgan fingerprint density at radius 2 is 1.61 bits per heavy atom. The Balaban J connectivity index is 2.96. The monoisotopic (exact) mass is 270 g/mol. The number of alkyl halides is 5. The van der Waals surface area contributed by atoms with E-state index in [1.54, 1.807) is 0 Å². The van der Waals surface area contributed by atoms with Crippen molar-refractivity contribution in [2.75, 3.05) is 0 Å². The Kier molecular flexibility index (Phi) is 3.63. The smallest absolute Gasteiger partial charge is 0.409 e. The number of rotatable bonds is 3. The highest BCUT2D eigenvalue weighted by Crippen LogP contribution is 2.30. The van der Waals surface area contributed by atoms with Gasteiger partial charge < -0.3 is 15.7 Å². The van der Waals surface area contributed by atoms with Crippen molar-refractivity contribution in [1.82, 2.24) is 0 Å². The lowest BCUT2D eigenvalue weighted by molar-refractivity contribution is -0.274. The van der Waals surface area contributed by atoms with Crippen molar-refractivity contribution >= 4 is 5.84 Å². The number of ether oxygens (including phenoxy) is 1. The third-order valence-corrected chi connectivity index (χ3v) is 1.88. The number of nitrogens with two attached hydrogens (primary N) is 1. The molecule has 1 aromatic carbocycles. The van der Waals surface area contributed by atoms with Crippen LogP contribution < -0.4 is 10.5 Å². The summed E-state index contributed by atoms with van der Waals surface area (Å²) < 4.78 is 65.6. The van der Waals surface area contributed by atoms with Crippen molar-refractivity contribution < 1.29 is 31.9 Å². The van der Waals surface area contributed by atoms with Gasteiger partial charge in [-0.05, 0) is 24.3 Å². The maximum atomic E-state index is 13.3. The van der Waals surface area contributed by atoms with Crippen molar-refractivity contribution in [1.29, 1.82) is 0 Å². The van der Waals surface area contributed by atoms with E-state index in [1.807, 2.05) is 0 Å². The first-order valence-electron chi connectivity index (χ1n) is 4.39. The Hall–Kier alpha value is -2.06. The van der Waals surface area contributed by atoms with Crippen LogP contribution in [0.3, 0.4) is 0 Å². The zero-order valence-corrected chi connectivity index (χ0v) is 8.58. The van der Waals surface area contributed by atoms with Crippen molar-refractivity contribution in [2.45, 2.75) is 12.3 Å². The van der Waals surface area contributed by atoms with Gasteiger partial charge in [0.25, 0.3) is 0 Å². The molecule has 0 fully saturated rings. The van der Waals surface area contributed by atoms with E-state index < -0.39 is 29.4 Å². The number of halogens is 5. The van der Waals surface area contributed by atoms with Crippen molar-refractivity contribution in [3.05, 3.63) is 29.8 Å². The van der Waals surface area contributed by atoms with Gasteiger partial charge in [0, 0.05) is 5.56 Å². The van der Waals surface area contributed by atoms with Gasteiger partial charge in [0.2, 0.25) is 5.84 Å². The van der Waals surface area contributed by atoms with Gasteiger partial charge in [-0.15, -0.1) is 13.2 Å². The minimum Gasteiger partial charge on any atom is -0.409 e. The van der Waals surface area contributed by atoms with Gasteiger partial charge >= 0.3 is 12.3 Å². The lowest BCUT2D eigenvalue weighted by Crippen LogP contribution is -2.33. The first-order chi connectivity index (χ1) is 8.16. The first kappa shape index (κ1) is 14.0. The molecule has 0 unspecified atom stereocenters. The van der Waals surface area contributed by atoms with E-state index in [0.29, 0.717) is 24.3 Å². The predicted octanol–water partition coefficient (Wildman–Crippen LogP) is 2.42. The number of hydrogen-bond acceptors (Lipinski definition) is 3. The molecular formula is C9H7F5N2O2. The van der Waals surface area contributed by atoms with E-state index in [9.17, 15) is 22.0 Å². The van der Waals surface area contributed by atoms with E-state index in [2.05, 4.69) is 9.89 Å². The van der Waals surface area contributed by atoms with Crippen LogP contribution >= 0.6 is 0 Å². The standard InChI is InChI=1S/C9H7F5N2O2/c10-8(11,7(15)16-17)5-1-3-6(4-2-5)18-9(12,13)14/h1-4,17H,(H2,15,16). The molecule has 0 amide bonds. The Labute approximate surface area is 97.5 Å². The molecule has 1 rings (SSSR count). The molecular weight excluding hydrogens is 263 g/mol. The minimum atomic E-state index is -4.91. The Bertz CT molecular complexity index is 441. The van der Waals surface area contributed by atoms with Gasteiger partial charge in [-0.25, -0.2) is 0 Å². The van der Waals surface area contributed by atoms with Crippen molar-refractivity contribution in [3.63, 3.8) is 0 Å². The summed E-state index contributed by atoms with van der Waals surface area (Å²) >= 11 is 0. The lowest BCUT2D eigenvalue weighted by Gasteiger charge is -2.15. The molecule has 0 saturated heterocycles. The van der Waals surface area contributed by atoms with E-state index in [4.69, 9.17) is 10.9 Å². The third-order valence-electron chi connectivity index (χ3n) is 1.88. The second-order valence-electron chi connectivity index (χ2n) is 3.13. The van der Waals surface area contributed by atoms with Crippen LogP contribution in [0.15, 0.2) is 29.4 Å². The maximum Gasteiger partial charge on any atom is 0.573 e. The normalized spacial score (nSPS) is 13.5. The molecule has 0 aliphatic rings. The molecule has 0 atom stereocenters. The fourth-order valence-corrected chi connectivity index (χ4v) is 1.08. The van der Waals surface area contributed by atoms with Crippen LogP contribution in [-0.4, -0.2) is 17.4 Å². The van der Waals surface area contributed by atoms with Crippen LogP contribution in [0.1, 0.15) is 5.56 Å². The molecule has 0 aliphatic carbocycles. The summed E-state index contributed by atoms with van der Waals surface area (Å²) in [6.07, 6.45) is -4.91. The molecule has 0 radical (unpaired) electrons. The van der Waals surface area contributed by atoms with Crippen molar-refractivity contribution in [3.8, 4) is 5.75 Å². The highest BCUT2D eigenvalue weighted by Gasteiger charge is 2.38. The Morgan fingerprint density at radius 1 is 1.11 bits per heavy atom. The molecule has 0 aromatic heterocycles. The molecule has 0 bridgehead atoms. The fraction of sp³-hybridized carbons (Fsp3) is 0.222. The second-order valence-corrected chi connectivity index (χ2v) is 3.13. The summed E-state index contributed by atoms with van der Waals surface area (Å²) in [5.41, 5.74) is 4.03. The van der Waals surface area contributed by atoms with Crippen LogP contribution in [0.25, 0.3) is 0 Å². The van der Waals surface area contributed by atoms with E-state index in [-0.39, 0.29) is 0 Å². The Morgan fingerprint density at radius 3 is 2.00 bits per heavy atom. The molecule has 0 saturated carbocycles. The van der Waals surface area contributed by atoms with Crippen LogP contribution in [-0.2, 0) is 5.92 Å². The van der Waals surface area contributed by atoms with Crippen LogP contribution in [0.4, 0.5) is 22.0 Å². The molecule has 100 valence electrons. The molecule has 0 spiro atoms. The second kappa shape index (κ2) is 4.67. The summed E-state index contributed by atoms with van der Waals surface area (Å²) in [7, 11) is 0. The molecule has 18 heavy (non-hydrogen) atoms. The van der Waals surface area contributed by atoms with Crippen LogP contribution in [0.2, 0.25) is 0 Å². The van der Waals surface area contributed by atoms with Crippen molar-refractivity contribution in [2.24, 2.45) is 10.9 Å². The zero-order chi connectivity index (χ0) is 14.0. The third kappa shape index (κ3) is 3.22. The van der Waals surface area contributed by atoms with Gasteiger partial charge in [0.05, 0.1) is 0 Å². The average molecular weight is 270 g/mol. The van der Waals surface area contributed by atoms with Gasteiger partial charge in [-0.2, -0.15) is 8.78 Å². The summed E-state index contributed by atoms with van der Waals surface area (Å²) in [6.45, 7) is 0. The summed E-state index contributed by atoms with van der Waals surface area (Å²) in [5, 5.41) is 10.3. The SMILES string of the molecule is NC(=NO)C(F)(F)c1ccc(OC(F)(F)F)cc1. The molecule has 4 nitrogen and oxygen atoms in total. The minimum absolute atomic E-state index is 0.651. The van der Waals surface area contributed by atoms with Gasteiger partial charge in [0.15, 0.2) is 0 Å². The molecule has 9 heteroatoms. The van der Waals surface area contributed by atoms with E-state index in [1.165, 1.54) is 0 Å². The van der Waals surface area contributed by atoms with Gasteiger partial charge in [0.1, 0.15) is 5.75 Å². The zero-order valence-electron chi connectivity index (χ0n) is 8.58. The molecule has 1 aromatic rings. The van der Waals surface area contributed by atoms with Gasteiger partial charge in [-0.1, -0.05) is 5.16 Å². The van der Waals surface area contributed by atoms with Gasteiger partial charge in [-0.3, -0.25) is 0 Å². The molecule has 0 heterocycles. The summed E-state index contributed by atoms with van der Waals surface area (Å²) in [4.78, 5) is 0. The highest BCUT2D eigenvalue weighted by atomic mass is 19.4. The lowest BCUT2D eigenvalue weighted by atomic mass is 10.1. The number of amidine groups is 1. The fourth-order valence-electron chi connectivity index (χ4n) is 1.08. The quantitative estimate of drug-likeness (QED) is 0.291. The van der Waals surface area contributed by atoms with E-state index in [0.717, 1.165) is 0 Å². The topological polar surface area (TPSA) is 67.8 Å². The maximum absolute atomic E-state index is 13.3. The van der Waals surface area contributed by atoms with Crippen LogP contribution in [0.5, 0.6) is 5.75 Å². The van der Waals surface area contributed by atoms with Crippen LogP contribution in [0, 0.1) is 0 Å². The first-order valence-corrected chi connectivity index (χ1v) is 4.39. The molecule has 0 aliphatic heterocycles.